The van der Waals surface area contributed by atoms with E-state index < -0.39 is 15.4 Å². The predicted octanol–water partition coefficient (Wildman–Crippen LogP) is 0.662. The molecule has 6 nitrogen and oxygen atoms in total. The van der Waals surface area contributed by atoms with Crippen LogP contribution in [0, 0.1) is 5.41 Å². The highest BCUT2D eigenvalue weighted by molar-refractivity contribution is 7.89. The van der Waals surface area contributed by atoms with Crippen LogP contribution in [0.2, 0.25) is 0 Å². The summed E-state index contributed by atoms with van der Waals surface area (Å²) in [5.74, 6) is -0.0875. The normalized spacial score (nSPS) is 17.3. The molecule has 1 aliphatic carbocycles. The zero-order valence-corrected chi connectivity index (χ0v) is 12.2. The fourth-order valence-electron chi connectivity index (χ4n) is 2.23. The van der Waals surface area contributed by atoms with Crippen molar-refractivity contribution in [3.05, 3.63) is 24.3 Å². The van der Waals surface area contributed by atoms with Gasteiger partial charge >= 0.3 is 0 Å². The molecule has 1 saturated carbocycles. The Morgan fingerprint density at radius 3 is 2.30 bits per heavy atom. The number of carbonyl (C=O) groups is 1. The molecule has 0 spiro atoms. The first-order chi connectivity index (χ1) is 9.43. The molecule has 1 aromatic rings. The van der Waals surface area contributed by atoms with Gasteiger partial charge in [0.2, 0.25) is 15.9 Å². The first-order valence-corrected chi connectivity index (χ1v) is 7.97. The van der Waals surface area contributed by atoms with Crippen LogP contribution in [0.1, 0.15) is 19.3 Å². The second kappa shape index (κ2) is 5.51. The summed E-state index contributed by atoms with van der Waals surface area (Å²) < 4.78 is 25.4. The van der Waals surface area contributed by atoms with Crippen molar-refractivity contribution in [2.24, 2.45) is 11.1 Å². The third-order valence-electron chi connectivity index (χ3n) is 3.87. The number of nitrogens with two attached hydrogens (primary N) is 1. The maximum Gasteiger partial charge on any atom is 0.240 e. The Balaban J connectivity index is 2.10. The van der Waals surface area contributed by atoms with Gasteiger partial charge in [0.05, 0.1) is 10.3 Å². The number of hydrogen-bond acceptors (Lipinski definition) is 4. The molecule has 7 heteroatoms. The van der Waals surface area contributed by atoms with Crippen LogP contribution < -0.4 is 15.8 Å². The highest BCUT2D eigenvalue weighted by Crippen LogP contribution is 2.40. The molecule has 1 aromatic carbocycles. The van der Waals surface area contributed by atoms with E-state index in [2.05, 4.69) is 10.0 Å². The van der Waals surface area contributed by atoms with Gasteiger partial charge in [0.1, 0.15) is 0 Å². The molecular formula is C13H19N3O3S. The number of amides is 1. The summed E-state index contributed by atoms with van der Waals surface area (Å²) in [4.78, 5) is 12.3. The molecular weight excluding hydrogens is 278 g/mol. The summed E-state index contributed by atoms with van der Waals surface area (Å²) in [7, 11) is -2.10. The Morgan fingerprint density at radius 1 is 1.30 bits per heavy atom. The minimum absolute atomic E-state index is 0.0875. The van der Waals surface area contributed by atoms with E-state index in [4.69, 9.17) is 5.73 Å². The summed E-state index contributed by atoms with van der Waals surface area (Å²) in [5, 5.41) is 2.80. The molecule has 0 heterocycles. The van der Waals surface area contributed by atoms with Crippen LogP contribution in [-0.2, 0) is 14.8 Å². The number of hydrogen-bond donors (Lipinski definition) is 3. The van der Waals surface area contributed by atoms with Gasteiger partial charge in [-0.25, -0.2) is 13.1 Å². The number of benzene rings is 1. The molecule has 1 amide bonds. The maximum absolute atomic E-state index is 12.2. The van der Waals surface area contributed by atoms with Crippen molar-refractivity contribution >= 4 is 21.6 Å². The minimum atomic E-state index is -3.45. The van der Waals surface area contributed by atoms with Crippen LogP contribution in [0.15, 0.2) is 29.2 Å². The molecule has 110 valence electrons. The lowest BCUT2D eigenvalue weighted by Crippen LogP contribution is -2.47. The van der Waals surface area contributed by atoms with E-state index in [9.17, 15) is 13.2 Å². The van der Waals surface area contributed by atoms with Crippen molar-refractivity contribution < 1.29 is 13.2 Å². The number of sulfonamides is 1. The van der Waals surface area contributed by atoms with Crippen LogP contribution >= 0.6 is 0 Å². The Hall–Kier alpha value is -1.44. The van der Waals surface area contributed by atoms with Gasteiger partial charge < -0.3 is 11.1 Å². The molecule has 0 saturated heterocycles. The van der Waals surface area contributed by atoms with Crippen LogP contribution in [0.25, 0.3) is 0 Å². The Morgan fingerprint density at radius 2 is 1.90 bits per heavy atom. The lowest BCUT2D eigenvalue weighted by atomic mass is 9.68. The van der Waals surface area contributed by atoms with Gasteiger partial charge in [-0.05, 0) is 44.2 Å². The van der Waals surface area contributed by atoms with E-state index >= 15 is 0 Å². The molecule has 0 aliphatic heterocycles. The van der Waals surface area contributed by atoms with Crippen LogP contribution in [-0.4, -0.2) is 27.9 Å². The van der Waals surface area contributed by atoms with Crippen molar-refractivity contribution in [2.75, 3.05) is 18.9 Å². The molecule has 0 radical (unpaired) electrons. The van der Waals surface area contributed by atoms with Crippen molar-refractivity contribution in [3.8, 4) is 0 Å². The van der Waals surface area contributed by atoms with E-state index in [1.165, 1.54) is 19.2 Å². The van der Waals surface area contributed by atoms with Crippen LogP contribution in [0.3, 0.4) is 0 Å². The topological polar surface area (TPSA) is 101 Å². The number of nitrogens with one attached hydrogen (secondary N) is 2. The number of carbonyl (C=O) groups excluding carboxylic acids is 1. The number of anilines is 1. The standard InChI is InChI=1S/C13H19N3O3S/c1-15-20(18,19)11-5-3-10(4-6-11)16-12(17)13(9-14)7-2-8-13/h3-6,15H,2,7-9,14H2,1H3,(H,16,17). The maximum atomic E-state index is 12.2. The highest BCUT2D eigenvalue weighted by atomic mass is 32.2. The molecule has 0 aromatic heterocycles. The van der Waals surface area contributed by atoms with Crippen LogP contribution in [0.4, 0.5) is 5.69 Å². The lowest BCUT2D eigenvalue weighted by molar-refractivity contribution is -0.129. The fraction of sp³-hybridized carbons (Fsp3) is 0.462. The van der Waals surface area contributed by atoms with Crippen molar-refractivity contribution in [1.29, 1.82) is 0 Å². The van der Waals surface area contributed by atoms with E-state index in [1.807, 2.05) is 0 Å². The zero-order valence-electron chi connectivity index (χ0n) is 11.3. The average Bonchev–Trinajstić information content (AvgIpc) is 2.39. The van der Waals surface area contributed by atoms with Crippen LogP contribution in [0.5, 0.6) is 0 Å². The van der Waals surface area contributed by atoms with Gasteiger partial charge in [0.15, 0.2) is 0 Å². The SMILES string of the molecule is CNS(=O)(=O)c1ccc(NC(=O)C2(CN)CCC2)cc1. The Bertz CT molecular complexity index is 586. The van der Waals surface area contributed by atoms with Crippen molar-refractivity contribution in [1.82, 2.24) is 4.72 Å². The van der Waals surface area contributed by atoms with Crippen molar-refractivity contribution in [3.63, 3.8) is 0 Å². The average molecular weight is 297 g/mol. The predicted molar refractivity (Wildman–Crippen MR) is 76.7 cm³/mol. The summed E-state index contributed by atoms with van der Waals surface area (Å²) in [6.07, 6.45) is 2.63. The smallest absolute Gasteiger partial charge is 0.240 e. The summed E-state index contributed by atoms with van der Waals surface area (Å²) in [5.41, 5.74) is 5.80. The third kappa shape index (κ3) is 2.70. The lowest BCUT2D eigenvalue weighted by Gasteiger charge is -2.39. The van der Waals surface area contributed by atoms with E-state index in [0.29, 0.717) is 12.2 Å². The van der Waals surface area contributed by atoms with E-state index in [-0.39, 0.29) is 10.8 Å². The molecule has 0 unspecified atom stereocenters. The minimum Gasteiger partial charge on any atom is -0.329 e. The van der Waals surface area contributed by atoms with Crippen molar-refractivity contribution in [2.45, 2.75) is 24.2 Å². The molecule has 1 fully saturated rings. The highest BCUT2D eigenvalue weighted by Gasteiger charge is 2.42. The summed E-state index contributed by atoms with van der Waals surface area (Å²) >= 11 is 0. The molecule has 1 aliphatic rings. The van der Waals surface area contributed by atoms with Gasteiger partial charge in [-0.2, -0.15) is 0 Å². The summed E-state index contributed by atoms with van der Waals surface area (Å²) in [6, 6.07) is 6.06. The van der Waals surface area contributed by atoms with E-state index in [0.717, 1.165) is 19.3 Å². The fourth-order valence-corrected chi connectivity index (χ4v) is 2.96. The molecule has 20 heavy (non-hydrogen) atoms. The van der Waals surface area contributed by atoms with Gasteiger partial charge in [0.25, 0.3) is 0 Å². The van der Waals surface area contributed by atoms with Gasteiger partial charge in [0, 0.05) is 12.2 Å². The first kappa shape index (κ1) is 15.0. The summed E-state index contributed by atoms with van der Waals surface area (Å²) in [6.45, 7) is 0.338. The Kier molecular flexibility index (Phi) is 4.12. The molecule has 4 N–H and O–H groups in total. The quantitative estimate of drug-likeness (QED) is 0.743. The first-order valence-electron chi connectivity index (χ1n) is 6.49. The van der Waals surface area contributed by atoms with Gasteiger partial charge in [-0.15, -0.1) is 0 Å². The second-order valence-electron chi connectivity index (χ2n) is 5.02. The second-order valence-corrected chi connectivity index (χ2v) is 6.91. The molecule has 2 rings (SSSR count). The third-order valence-corrected chi connectivity index (χ3v) is 5.30. The molecule has 0 atom stereocenters. The monoisotopic (exact) mass is 297 g/mol. The number of rotatable bonds is 5. The zero-order chi connectivity index (χ0) is 14.8. The van der Waals surface area contributed by atoms with Gasteiger partial charge in [-0.3, -0.25) is 4.79 Å². The van der Waals surface area contributed by atoms with E-state index in [1.54, 1.807) is 12.1 Å². The Labute approximate surface area is 118 Å². The largest absolute Gasteiger partial charge is 0.329 e. The van der Waals surface area contributed by atoms with Gasteiger partial charge in [-0.1, -0.05) is 6.42 Å². The molecule has 0 bridgehead atoms.